The fourth-order valence-electron chi connectivity index (χ4n) is 2.55. The average molecular weight is 338 g/mol. The quantitative estimate of drug-likeness (QED) is 0.891. The van der Waals surface area contributed by atoms with Crippen LogP contribution in [0.25, 0.3) is 0 Å². The summed E-state index contributed by atoms with van der Waals surface area (Å²) in [6.45, 7) is 0.972. The van der Waals surface area contributed by atoms with Gasteiger partial charge in [-0.15, -0.1) is 0 Å². The van der Waals surface area contributed by atoms with E-state index in [9.17, 15) is 17.2 Å². The maximum absolute atomic E-state index is 12.5. The highest BCUT2D eigenvalue weighted by atomic mass is 32.2. The summed E-state index contributed by atoms with van der Waals surface area (Å²) in [7, 11) is -4.55. The molecule has 0 fully saturated rings. The van der Waals surface area contributed by atoms with Gasteiger partial charge in [0.15, 0.2) is 0 Å². The molecule has 0 spiro atoms. The van der Waals surface area contributed by atoms with Gasteiger partial charge in [0.25, 0.3) is 0 Å². The lowest BCUT2D eigenvalue weighted by molar-refractivity contribution is 0.234. The monoisotopic (exact) mass is 338 g/mol. The van der Waals surface area contributed by atoms with E-state index in [1.807, 2.05) is 18.2 Å². The van der Waals surface area contributed by atoms with Crippen molar-refractivity contribution in [1.29, 1.82) is 0 Å². The highest BCUT2D eigenvalue weighted by Crippen LogP contribution is 2.27. The minimum absolute atomic E-state index is 0.382. The molecule has 0 bridgehead atoms. The molecule has 0 atom stereocenters. The van der Waals surface area contributed by atoms with Crippen LogP contribution >= 0.6 is 0 Å². The molecule has 0 amide bonds. The summed E-state index contributed by atoms with van der Waals surface area (Å²) in [4.78, 5) is -0.382. The van der Waals surface area contributed by atoms with Crippen molar-refractivity contribution in [2.75, 3.05) is 17.2 Å². The number of aryl methyl sites for hydroxylation is 1. The molecule has 0 aliphatic carbocycles. The maximum Gasteiger partial charge on any atom is 0.341 e. The summed E-state index contributed by atoms with van der Waals surface area (Å²) in [6, 6.07) is 11.3. The lowest BCUT2D eigenvalue weighted by Gasteiger charge is -2.19. The van der Waals surface area contributed by atoms with Gasteiger partial charge < -0.3 is 10.6 Å². The molecule has 2 aromatic rings. The zero-order valence-corrected chi connectivity index (χ0v) is 13.0. The molecule has 0 saturated heterocycles. The van der Waals surface area contributed by atoms with Gasteiger partial charge in [-0.2, -0.15) is 8.78 Å². The Bertz CT molecular complexity index is 805. The lowest BCUT2D eigenvalue weighted by atomic mass is 10.0. The first-order valence-corrected chi connectivity index (χ1v) is 8.77. The number of nitrogens with one attached hydrogen (secondary N) is 2. The fourth-order valence-corrected chi connectivity index (χ4v) is 3.27. The maximum atomic E-state index is 12.5. The number of hydrogen-bond acceptors (Lipinski definition) is 4. The van der Waals surface area contributed by atoms with E-state index in [2.05, 4.69) is 10.6 Å². The van der Waals surface area contributed by atoms with Crippen LogP contribution in [-0.2, 0) is 16.3 Å². The van der Waals surface area contributed by atoms with Gasteiger partial charge in [-0.1, -0.05) is 0 Å². The first-order valence-electron chi connectivity index (χ1n) is 7.23. The van der Waals surface area contributed by atoms with Crippen LogP contribution in [0.2, 0.25) is 0 Å². The van der Waals surface area contributed by atoms with Crippen LogP contribution in [0.5, 0.6) is 0 Å². The highest BCUT2D eigenvalue weighted by molar-refractivity contribution is 7.91. The van der Waals surface area contributed by atoms with Gasteiger partial charge in [0.1, 0.15) is 0 Å². The molecule has 0 aromatic heterocycles. The normalized spacial score (nSPS) is 14.2. The van der Waals surface area contributed by atoms with Gasteiger partial charge in [-0.3, -0.25) is 0 Å². The number of halogens is 2. The number of hydrogen-bond donors (Lipinski definition) is 2. The van der Waals surface area contributed by atoms with Crippen molar-refractivity contribution < 1.29 is 17.2 Å². The van der Waals surface area contributed by atoms with Gasteiger partial charge in [0.2, 0.25) is 9.84 Å². The zero-order valence-electron chi connectivity index (χ0n) is 12.2. The standard InChI is InChI=1S/C16H16F2N2O2S/c17-16(18)23(21,22)14-6-3-12(4-7-14)20-13-5-8-15-11(10-13)2-1-9-19-15/h3-8,10,16,19-20H,1-2,9H2. The molecule has 7 heteroatoms. The summed E-state index contributed by atoms with van der Waals surface area (Å²) >= 11 is 0. The third kappa shape index (κ3) is 3.29. The molecule has 0 saturated carbocycles. The molecule has 2 aromatic carbocycles. The Kier molecular flexibility index (Phi) is 4.21. The number of alkyl halides is 2. The minimum Gasteiger partial charge on any atom is -0.385 e. The predicted octanol–water partition coefficient (Wildman–Crippen LogP) is 3.78. The molecular formula is C16H16F2N2O2S. The first kappa shape index (κ1) is 15.7. The van der Waals surface area contributed by atoms with E-state index in [0.717, 1.165) is 30.8 Å². The molecule has 0 unspecified atom stereocenters. The molecule has 0 radical (unpaired) electrons. The summed E-state index contributed by atoms with van der Waals surface area (Å²) in [6.07, 6.45) is 2.08. The molecule has 122 valence electrons. The van der Waals surface area contributed by atoms with Crippen LogP contribution in [0.15, 0.2) is 47.4 Å². The Hall–Kier alpha value is -2.15. The van der Waals surface area contributed by atoms with E-state index >= 15 is 0 Å². The number of fused-ring (bicyclic) bond motifs is 1. The third-order valence-electron chi connectivity index (χ3n) is 3.75. The van der Waals surface area contributed by atoms with Gasteiger partial charge >= 0.3 is 5.76 Å². The van der Waals surface area contributed by atoms with Crippen molar-refractivity contribution in [2.45, 2.75) is 23.5 Å². The second-order valence-corrected chi connectivity index (χ2v) is 7.28. The van der Waals surface area contributed by atoms with Crippen LogP contribution in [0.1, 0.15) is 12.0 Å². The molecule has 4 nitrogen and oxygen atoms in total. The van der Waals surface area contributed by atoms with Crippen LogP contribution in [0.4, 0.5) is 25.8 Å². The molecule has 1 heterocycles. The zero-order chi connectivity index (χ0) is 16.4. The van der Waals surface area contributed by atoms with Crippen LogP contribution in [0.3, 0.4) is 0 Å². The van der Waals surface area contributed by atoms with Crippen molar-refractivity contribution in [2.24, 2.45) is 0 Å². The Morgan fingerprint density at radius 3 is 2.43 bits per heavy atom. The number of rotatable bonds is 4. The van der Waals surface area contributed by atoms with Crippen molar-refractivity contribution >= 4 is 26.9 Å². The van der Waals surface area contributed by atoms with Crippen molar-refractivity contribution in [1.82, 2.24) is 0 Å². The molecule has 1 aliphatic rings. The van der Waals surface area contributed by atoms with Gasteiger partial charge in [0.05, 0.1) is 4.90 Å². The van der Waals surface area contributed by atoms with E-state index in [1.165, 1.54) is 29.8 Å². The Morgan fingerprint density at radius 2 is 1.74 bits per heavy atom. The first-order chi connectivity index (χ1) is 11.0. The molecule has 3 rings (SSSR count). The number of anilines is 3. The van der Waals surface area contributed by atoms with Crippen molar-refractivity contribution in [3.63, 3.8) is 0 Å². The topological polar surface area (TPSA) is 58.2 Å². The SMILES string of the molecule is O=S(=O)(c1ccc(Nc2ccc3c(c2)CCCN3)cc1)C(F)F. The van der Waals surface area contributed by atoms with Gasteiger partial charge in [-0.05, 0) is 60.9 Å². The van der Waals surface area contributed by atoms with Crippen molar-refractivity contribution in [3.05, 3.63) is 48.0 Å². The molecule has 23 heavy (non-hydrogen) atoms. The van der Waals surface area contributed by atoms with E-state index in [4.69, 9.17) is 0 Å². The summed E-state index contributed by atoms with van der Waals surface area (Å²) in [5, 5.41) is 6.47. The summed E-state index contributed by atoms with van der Waals surface area (Å²) in [5.74, 6) is -3.41. The highest BCUT2D eigenvalue weighted by Gasteiger charge is 2.26. The fraction of sp³-hybridized carbons (Fsp3) is 0.250. The minimum atomic E-state index is -4.55. The van der Waals surface area contributed by atoms with Crippen LogP contribution in [0, 0.1) is 0 Å². The second kappa shape index (κ2) is 6.16. The Labute approximate surface area is 133 Å². The summed E-state index contributed by atoms with van der Waals surface area (Å²) in [5.41, 5.74) is 3.86. The third-order valence-corrected chi connectivity index (χ3v) is 5.15. The van der Waals surface area contributed by atoms with E-state index in [-0.39, 0.29) is 4.90 Å². The Balaban J connectivity index is 1.79. The van der Waals surface area contributed by atoms with E-state index < -0.39 is 15.6 Å². The molecule has 1 aliphatic heterocycles. The average Bonchev–Trinajstić information content (AvgIpc) is 2.55. The lowest BCUT2D eigenvalue weighted by Crippen LogP contribution is -2.11. The largest absolute Gasteiger partial charge is 0.385 e. The van der Waals surface area contributed by atoms with E-state index in [1.54, 1.807) is 0 Å². The predicted molar refractivity (Wildman–Crippen MR) is 86.2 cm³/mol. The van der Waals surface area contributed by atoms with Gasteiger partial charge in [-0.25, -0.2) is 8.42 Å². The number of benzene rings is 2. The number of sulfone groups is 1. The van der Waals surface area contributed by atoms with Crippen LogP contribution in [-0.4, -0.2) is 20.7 Å². The van der Waals surface area contributed by atoms with E-state index in [0.29, 0.717) is 5.69 Å². The second-order valence-electron chi connectivity index (χ2n) is 5.36. The van der Waals surface area contributed by atoms with Gasteiger partial charge in [0, 0.05) is 23.6 Å². The Morgan fingerprint density at radius 1 is 1.04 bits per heavy atom. The van der Waals surface area contributed by atoms with Crippen LogP contribution < -0.4 is 10.6 Å². The molecule has 2 N–H and O–H groups in total. The molecular weight excluding hydrogens is 322 g/mol. The van der Waals surface area contributed by atoms with Crippen molar-refractivity contribution in [3.8, 4) is 0 Å². The smallest absolute Gasteiger partial charge is 0.341 e. The summed E-state index contributed by atoms with van der Waals surface area (Å²) < 4.78 is 47.8.